The Morgan fingerprint density at radius 2 is 2.29 bits per heavy atom. The Kier molecular flexibility index (Phi) is 3.96. The number of nitrogens with one attached hydrogen (secondary N) is 2. The first kappa shape index (κ1) is 11.9. The fourth-order valence-corrected chi connectivity index (χ4v) is 1.94. The highest BCUT2D eigenvalue weighted by Gasteiger charge is 2.17. The molecule has 1 fully saturated rings. The topological polar surface area (TPSA) is 54.0 Å². The summed E-state index contributed by atoms with van der Waals surface area (Å²) in [6.07, 6.45) is 6.77. The monoisotopic (exact) mass is 233 g/mol. The second-order valence-corrected chi connectivity index (χ2v) is 4.52. The lowest BCUT2D eigenvalue weighted by atomic mass is 9.83. The number of amides is 1. The number of hydrogen-bond acceptors (Lipinski definition) is 3. The molecule has 1 aromatic heterocycles. The predicted octanol–water partition coefficient (Wildman–Crippen LogP) is 2.04. The lowest BCUT2D eigenvalue weighted by Crippen LogP contribution is -2.28. The Morgan fingerprint density at radius 3 is 2.82 bits per heavy atom. The van der Waals surface area contributed by atoms with Crippen molar-refractivity contribution in [1.82, 2.24) is 10.3 Å². The van der Waals surface area contributed by atoms with Crippen LogP contribution in [0.25, 0.3) is 0 Å². The van der Waals surface area contributed by atoms with Crippen molar-refractivity contribution in [3.63, 3.8) is 0 Å². The van der Waals surface area contributed by atoms with E-state index in [4.69, 9.17) is 0 Å². The second kappa shape index (κ2) is 5.66. The minimum atomic E-state index is -0.0769. The van der Waals surface area contributed by atoms with E-state index in [0.29, 0.717) is 5.69 Å². The van der Waals surface area contributed by atoms with Gasteiger partial charge in [0.15, 0.2) is 0 Å². The van der Waals surface area contributed by atoms with E-state index in [-0.39, 0.29) is 5.91 Å². The van der Waals surface area contributed by atoms with Gasteiger partial charge in [0, 0.05) is 13.6 Å². The van der Waals surface area contributed by atoms with Gasteiger partial charge in [-0.15, -0.1) is 0 Å². The molecule has 0 bridgehead atoms. The second-order valence-electron chi connectivity index (χ2n) is 4.52. The van der Waals surface area contributed by atoms with Gasteiger partial charge in [0.1, 0.15) is 5.69 Å². The number of rotatable bonds is 5. The van der Waals surface area contributed by atoms with E-state index in [1.807, 2.05) is 13.1 Å². The molecule has 1 aromatic rings. The highest BCUT2D eigenvalue weighted by atomic mass is 16.1. The van der Waals surface area contributed by atoms with E-state index in [1.54, 1.807) is 12.3 Å². The third-order valence-corrected chi connectivity index (χ3v) is 3.35. The Bertz CT molecular complexity index is 371. The van der Waals surface area contributed by atoms with Gasteiger partial charge in [0.2, 0.25) is 0 Å². The summed E-state index contributed by atoms with van der Waals surface area (Å²) in [5, 5.41) is 5.89. The molecule has 1 aliphatic rings. The van der Waals surface area contributed by atoms with E-state index >= 15 is 0 Å². The van der Waals surface area contributed by atoms with E-state index in [2.05, 4.69) is 15.6 Å². The smallest absolute Gasteiger partial charge is 0.269 e. The van der Waals surface area contributed by atoms with Crippen LogP contribution in [0.3, 0.4) is 0 Å². The van der Waals surface area contributed by atoms with Gasteiger partial charge in [0.05, 0.1) is 11.9 Å². The predicted molar refractivity (Wildman–Crippen MR) is 68.1 cm³/mol. The summed E-state index contributed by atoms with van der Waals surface area (Å²) in [6.45, 7) is 0.763. The summed E-state index contributed by atoms with van der Waals surface area (Å²) >= 11 is 0. The number of anilines is 1. The van der Waals surface area contributed by atoms with Gasteiger partial charge in [-0.05, 0) is 24.5 Å². The Morgan fingerprint density at radius 1 is 1.47 bits per heavy atom. The van der Waals surface area contributed by atoms with Gasteiger partial charge in [-0.25, -0.2) is 4.98 Å². The summed E-state index contributed by atoms with van der Waals surface area (Å²) in [7, 11) is 1.83. The molecule has 2 N–H and O–H groups in total. The van der Waals surface area contributed by atoms with Crippen molar-refractivity contribution in [2.75, 3.05) is 18.9 Å². The summed E-state index contributed by atoms with van der Waals surface area (Å²) in [5.41, 5.74) is 1.40. The number of hydrogen-bond donors (Lipinski definition) is 2. The summed E-state index contributed by atoms with van der Waals surface area (Å²) in [6, 6.07) is 3.60. The normalized spacial score (nSPS) is 15.1. The van der Waals surface area contributed by atoms with Crippen LogP contribution in [0.15, 0.2) is 18.3 Å². The average molecular weight is 233 g/mol. The van der Waals surface area contributed by atoms with Crippen molar-refractivity contribution in [1.29, 1.82) is 0 Å². The molecule has 0 saturated heterocycles. The zero-order chi connectivity index (χ0) is 12.1. The molecule has 2 rings (SSSR count). The molecule has 0 spiro atoms. The first-order valence-corrected chi connectivity index (χ1v) is 6.21. The van der Waals surface area contributed by atoms with Crippen LogP contribution < -0.4 is 10.6 Å². The molecule has 0 atom stereocenters. The molecule has 17 heavy (non-hydrogen) atoms. The van der Waals surface area contributed by atoms with Gasteiger partial charge in [-0.1, -0.05) is 19.3 Å². The summed E-state index contributed by atoms with van der Waals surface area (Å²) < 4.78 is 0. The average Bonchev–Trinajstić information content (AvgIpc) is 2.32. The molecular weight excluding hydrogens is 214 g/mol. The van der Waals surface area contributed by atoms with Crippen LogP contribution in [0.5, 0.6) is 0 Å². The van der Waals surface area contributed by atoms with Crippen molar-refractivity contribution in [3.05, 3.63) is 24.0 Å². The minimum Gasteiger partial charge on any atom is -0.387 e. The van der Waals surface area contributed by atoms with Gasteiger partial charge in [0.25, 0.3) is 5.91 Å². The molecule has 92 valence electrons. The largest absolute Gasteiger partial charge is 0.387 e. The molecule has 0 radical (unpaired) electrons. The Labute approximate surface area is 102 Å². The van der Waals surface area contributed by atoms with Crippen molar-refractivity contribution in [3.8, 4) is 0 Å². The highest BCUT2D eigenvalue weighted by molar-refractivity contribution is 5.92. The third-order valence-electron chi connectivity index (χ3n) is 3.35. The van der Waals surface area contributed by atoms with Gasteiger partial charge in [-0.2, -0.15) is 0 Å². The maximum Gasteiger partial charge on any atom is 0.269 e. The quantitative estimate of drug-likeness (QED) is 0.818. The number of nitrogens with zero attached hydrogens (tertiary/aromatic N) is 1. The molecule has 1 saturated carbocycles. The lowest BCUT2D eigenvalue weighted by molar-refractivity contribution is 0.0944. The lowest BCUT2D eigenvalue weighted by Gasteiger charge is -2.25. The number of pyridine rings is 1. The molecular formula is C13H19N3O. The van der Waals surface area contributed by atoms with Crippen molar-refractivity contribution >= 4 is 11.6 Å². The zero-order valence-corrected chi connectivity index (χ0v) is 10.2. The molecule has 0 aromatic carbocycles. The maximum absolute atomic E-state index is 11.7. The molecule has 0 unspecified atom stereocenters. The van der Waals surface area contributed by atoms with Crippen LogP contribution in [0, 0.1) is 5.92 Å². The molecule has 4 nitrogen and oxygen atoms in total. The fraction of sp³-hybridized carbons (Fsp3) is 0.538. The van der Waals surface area contributed by atoms with E-state index in [9.17, 15) is 4.79 Å². The van der Waals surface area contributed by atoms with Crippen LogP contribution in [0.1, 0.15) is 36.2 Å². The SMILES string of the molecule is CNc1ccc(C(=O)NCCC2CCC2)nc1. The highest BCUT2D eigenvalue weighted by Crippen LogP contribution is 2.28. The Hall–Kier alpha value is -1.58. The minimum absolute atomic E-state index is 0.0769. The molecule has 4 heteroatoms. The standard InChI is InChI=1S/C13H19N3O/c1-14-11-5-6-12(16-9-11)13(17)15-8-7-10-3-2-4-10/h5-6,9-10,14H,2-4,7-8H2,1H3,(H,15,17). The molecule has 0 aliphatic heterocycles. The number of carbonyl (C=O) groups is 1. The van der Waals surface area contributed by atoms with Crippen molar-refractivity contribution in [2.45, 2.75) is 25.7 Å². The number of carbonyl (C=O) groups excluding carboxylic acids is 1. The van der Waals surface area contributed by atoms with E-state index in [0.717, 1.165) is 24.6 Å². The van der Waals surface area contributed by atoms with Crippen molar-refractivity contribution < 1.29 is 4.79 Å². The maximum atomic E-state index is 11.7. The molecule has 1 heterocycles. The van der Waals surface area contributed by atoms with E-state index in [1.165, 1.54) is 19.3 Å². The third kappa shape index (κ3) is 3.19. The van der Waals surface area contributed by atoms with Gasteiger partial charge in [-0.3, -0.25) is 4.79 Å². The molecule has 1 aliphatic carbocycles. The van der Waals surface area contributed by atoms with Crippen LogP contribution >= 0.6 is 0 Å². The summed E-state index contributed by atoms with van der Waals surface area (Å²) in [5.74, 6) is 0.752. The van der Waals surface area contributed by atoms with Crippen LogP contribution in [0.4, 0.5) is 5.69 Å². The van der Waals surface area contributed by atoms with Gasteiger partial charge < -0.3 is 10.6 Å². The number of aromatic nitrogens is 1. The zero-order valence-electron chi connectivity index (χ0n) is 10.2. The van der Waals surface area contributed by atoms with E-state index < -0.39 is 0 Å². The first-order chi connectivity index (χ1) is 8.29. The van der Waals surface area contributed by atoms with Crippen molar-refractivity contribution in [2.24, 2.45) is 5.92 Å². The first-order valence-electron chi connectivity index (χ1n) is 6.21. The van der Waals surface area contributed by atoms with Gasteiger partial charge >= 0.3 is 0 Å². The van der Waals surface area contributed by atoms with Crippen LogP contribution in [-0.2, 0) is 0 Å². The van der Waals surface area contributed by atoms with Crippen LogP contribution in [-0.4, -0.2) is 24.5 Å². The Balaban J connectivity index is 1.77. The summed E-state index contributed by atoms with van der Waals surface area (Å²) in [4.78, 5) is 15.8. The van der Waals surface area contributed by atoms with Crippen LogP contribution in [0.2, 0.25) is 0 Å². The fourth-order valence-electron chi connectivity index (χ4n) is 1.94. The molecule has 1 amide bonds.